The Kier molecular flexibility index (Phi) is 8.59. The lowest BCUT2D eigenvalue weighted by Crippen LogP contribution is -2.38. The van der Waals surface area contributed by atoms with Gasteiger partial charge in [0.05, 0.1) is 13.2 Å². The van der Waals surface area contributed by atoms with Crippen molar-refractivity contribution in [3.05, 3.63) is 51.4 Å². The lowest BCUT2D eigenvalue weighted by atomic mass is 10.1. The van der Waals surface area contributed by atoms with Gasteiger partial charge in [0, 0.05) is 48.9 Å². The number of ether oxygens (including phenoxy) is 1. The summed E-state index contributed by atoms with van der Waals surface area (Å²) in [6.45, 7) is 8.59. The van der Waals surface area contributed by atoms with Gasteiger partial charge in [-0.25, -0.2) is 4.98 Å². The molecule has 0 spiro atoms. The van der Waals surface area contributed by atoms with Crippen molar-refractivity contribution in [2.75, 3.05) is 36.5 Å². The summed E-state index contributed by atoms with van der Waals surface area (Å²) in [4.78, 5) is 46.4. The molecule has 1 atom stereocenters. The van der Waals surface area contributed by atoms with Crippen LogP contribution in [0, 0.1) is 12.8 Å². The topological polar surface area (TPSA) is 116 Å². The van der Waals surface area contributed by atoms with Gasteiger partial charge >= 0.3 is 0 Å². The number of rotatable bonds is 9. The standard InChI is InChI=1S/C24H33N5O4/c1-4-16(2)22(31)27-19-7-5-6-18(14-19)15-25-21(30)9-8-20-17(3)26-24(28-23(20)32)29-10-12-33-13-11-29/h5-7,14,16H,4,8-13,15H2,1-3H3,(H,25,30)(H,27,31)(H,26,28,32). The molecule has 1 unspecified atom stereocenters. The van der Waals surface area contributed by atoms with Crippen molar-refractivity contribution in [3.8, 4) is 0 Å². The van der Waals surface area contributed by atoms with Gasteiger partial charge in [-0.05, 0) is 37.5 Å². The SMILES string of the molecule is CCC(C)C(=O)Nc1cccc(CNC(=O)CCc2c(C)nc(N3CCOCC3)[nH]c2=O)c1. The van der Waals surface area contributed by atoms with Crippen LogP contribution in [0.15, 0.2) is 29.1 Å². The van der Waals surface area contributed by atoms with Crippen molar-refractivity contribution in [2.45, 2.75) is 46.6 Å². The molecule has 2 heterocycles. The van der Waals surface area contributed by atoms with E-state index in [4.69, 9.17) is 4.74 Å². The minimum atomic E-state index is -0.207. The lowest BCUT2D eigenvalue weighted by molar-refractivity contribution is -0.121. The van der Waals surface area contributed by atoms with E-state index in [0.717, 1.165) is 12.0 Å². The number of carbonyl (C=O) groups is 2. The van der Waals surface area contributed by atoms with E-state index < -0.39 is 0 Å². The lowest BCUT2D eigenvalue weighted by Gasteiger charge is -2.27. The van der Waals surface area contributed by atoms with E-state index in [1.165, 1.54) is 0 Å². The molecule has 2 amide bonds. The van der Waals surface area contributed by atoms with Crippen molar-refractivity contribution in [1.82, 2.24) is 15.3 Å². The largest absolute Gasteiger partial charge is 0.378 e. The molecule has 0 radical (unpaired) electrons. The summed E-state index contributed by atoms with van der Waals surface area (Å²) >= 11 is 0. The first-order valence-corrected chi connectivity index (χ1v) is 11.5. The predicted octanol–water partition coefficient (Wildman–Crippen LogP) is 2.15. The third-order valence-corrected chi connectivity index (χ3v) is 5.87. The summed E-state index contributed by atoms with van der Waals surface area (Å²) in [7, 11) is 0. The van der Waals surface area contributed by atoms with E-state index in [-0.39, 0.29) is 29.7 Å². The number of nitrogens with zero attached hydrogens (tertiary/aromatic N) is 2. The molecule has 9 heteroatoms. The van der Waals surface area contributed by atoms with E-state index >= 15 is 0 Å². The molecule has 3 rings (SSSR count). The average molecular weight is 456 g/mol. The fourth-order valence-corrected chi connectivity index (χ4v) is 3.55. The van der Waals surface area contributed by atoms with E-state index in [9.17, 15) is 14.4 Å². The number of hydrogen-bond donors (Lipinski definition) is 3. The molecule has 33 heavy (non-hydrogen) atoms. The van der Waals surface area contributed by atoms with Crippen LogP contribution in [0.3, 0.4) is 0 Å². The highest BCUT2D eigenvalue weighted by Crippen LogP contribution is 2.14. The molecule has 9 nitrogen and oxygen atoms in total. The number of amides is 2. The van der Waals surface area contributed by atoms with Crippen LogP contribution < -0.4 is 21.1 Å². The second kappa shape index (κ2) is 11.6. The first kappa shape index (κ1) is 24.4. The Bertz CT molecular complexity index is 1030. The Morgan fingerprint density at radius 3 is 2.73 bits per heavy atom. The van der Waals surface area contributed by atoms with Crippen LogP contribution in [0.25, 0.3) is 0 Å². The number of H-pyrrole nitrogens is 1. The first-order valence-electron chi connectivity index (χ1n) is 11.5. The Morgan fingerprint density at radius 2 is 2.03 bits per heavy atom. The summed E-state index contributed by atoms with van der Waals surface area (Å²) in [6.07, 6.45) is 1.27. The van der Waals surface area contributed by atoms with Gasteiger partial charge in [0.2, 0.25) is 17.8 Å². The monoisotopic (exact) mass is 455 g/mol. The first-order chi connectivity index (χ1) is 15.9. The Morgan fingerprint density at radius 1 is 1.27 bits per heavy atom. The molecule has 0 bridgehead atoms. The van der Waals surface area contributed by atoms with E-state index in [2.05, 4.69) is 20.6 Å². The fourth-order valence-electron chi connectivity index (χ4n) is 3.55. The maximum atomic E-state index is 12.6. The number of benzene rings is 1. The van der Waals surface area contributed by atoms with Crippen molar-refractivity contribution in [1.29, 1.82) is 0 Å². The van der Waals surface area contributed by atoms with Crippen LogP contribution >= 0.6 is 0 Å². The molecule has 0 aliphatic carbocycles. The molecule has 1 aromatic carbocycles. The Balaban J connectivity index is 1.52. The number of aryl methyl sites for hydroxylation is 1. The number of nitrogens with one attached hydrogen (secondary N) is 3. The highest BCUT2D eigenvalue weighted by atomic mass is 16.5. The molecule has 3 N–H and O–H groups in total. The summed E-state index contributed by atoms with van der Waals surface area (Å²) in [6, 6.07) is 7.42. The number of carbonyl (C=O) groups excluding carboxylic acids is 2. The number of anilines is 2. The van der Waals surface area contributed by atoms with Crippen molar-refractivity contribution < 1.29 is 14.3 Å². The fraction of sp³-hybridized carbons (Fsp3) is 0.500. The van der Waals surface area contributed by atoms with Gasteiger partial charge in [-0.15, -0.1) is 0 Å². The molecule has 1 aliphatic rings. The predicted molar refractivity (Wildman–Crippen MR) is 127 cm³/mol. The van der Waals surface area contributed by atoms with Crippen LogP contribution in [0.5, 0.6) is 0 Å². The number of hydrogen-bond acceptors (Lipinski definition) is 6. The molecule has 1 aliphatic heterocycles. The Labute approximate surface area is 193 Å². The van der Waals surface area contributed by atoms with Crippen molar-refractivity contribution in [2.24, 2.45) is 5.92 Å². The van der Waals surface area contributed by atoms with Gasteiger partial charge in [-0.1, -0.05) is 26.0 Å². The molecule has 178 valence electrons. The quantitative estimate of drug-likeness (QED) is 0.534. The number of aromatic amines is 1. The molecular formula is C24H33N5O4. The van der Waals surface area contributed by atoms with Gasteiger partial charge in [-0.3, -0.25) is 19.4 Å². The molecule has 0 saturated carbocycles. The van der Waals surface area contributed by atoms with Crippen LogP contribution in [0.2, 0.25) is 0 Å². The summed E-state index contributed by atoms with van der Waals surface area (Å²) in [5, 5.41) is 5.78. The third-order valence-electron chi connectivity index (χ3n) is 5.87. The molecule has 1 fully saturated rings. The zero-order valence-corrected chi connectivity index (χ0v) is 19.6. The second-order valence-corrected chi connectivity index (χ2v) is 8.33. The average Bonchev–Trinajstić information content (AvgIpc) is 2.82. The maximum absolute atomic E-state index is 12.6. The van der Waals surface area contributed by atoms with E-state index in [1.807, 2.05) is 43.0 Å². The van der Waals surface area contributed by atoms with Gasteiger partial charge in [0.15, 0.2) is 0 Å². The molecular weight excluding hydrogens is 422 g/mol. The normalized spacial score (nSPS) is 14.6. The van der Waals surface area contributed by atoms with Crippen LogP contribution in [-0.4, -0.2) is 48.1 Å². The summed E-state index contributed by atoms with van der Waals surface area (Å²) in [5.41, 5.74) is 2.55. The molecule has 1 aromatic heterocycles. The number of morpholine rings is 1. The van der Waals surface area contributed by atoms with E-state index in [0.29, 0.717) is 62.2 Å². The van der Waals surface area contributed by atoms with Crippen molar-refractivity contribution in [3.63, 3.8) is 0 Å². The summed E-state index contributed by atoms with van der Waals surface area (Å²) < 4.78 is 5.34. The minimum Gasteiger partial charge on any atom is -0.378 e. The van der Waals surface area contributed by atoms with Gasteiger partial charge in [-0.2, -0.15) is 0 Å². The maximum Gasteiger partial charge on any atom is 0.255 e. The van der Waals surface area contributed by atoms with Gasteiger partial charge in [0.25, 0.3) is 5.56 Å². The van der Waals surface area contributed by atoms with Gasteiger partial charge < -0.3 is 20.3 Å². The van der Waals surface area contributed by atoms with Crippen LogP contribution in [-0.2, 0) is 27.3 Å². The highest BCUT2D eigenvalue weighted by molar-refractivity contribution is 5.92. The zero-order chi connectivity index (χ0) is 23.8. The number of aromatic nitrogens is 2. The van der Waals surface area contributed by atoms with Crippen LogP contribution in [0.4, 0.5) is 11.6 Å². The summed E-state index contributed by atoms with van der Waals surface area (Å²) in [5.74, 6) is 0.319. The molecule has 2 aromatic rings. The van der Waals surface area contributed by atoms with Gasteiger partial charge in [0.1, 0.15) is 0 Å². The zero-order valence-electron chi connectivity index (χ0n) is 19.6. The molecule has 1 saturated heterocycles. The van der Waals surface area contributed by atoms with Crippen LogP contribution in [0.1, 0.15) is 43.5 Å². The highest BCUT2D eigenvalue weighted by Gasteiger charge is 2.17. The van der Waals surface area contributed by atoms with Crippen molar-refractivity contribution >= 4 is 23.5 Å². The second-order valence-electron chi connectivity index (χ2n) is 8.33. The van der Waals surface area contributed by atoms with E-state index in [1.54, 1.807) is 6.92 Å². The minimum absolute atomic E-state index is 0.0208. The third kappa shape index (κ3) is 6.89. The smallest absolute Gasteiger partial charge is 0.255 e. The Hall–Kier alpha value is -3.20.